The van der Waals surface area contributed by atoms with Gasteiger partial charge in [0.05, 0.1) is 32.1 Å². The number of fused-ring (bicyclic) bond motifs is 2. The Morgan fingerprint density at radius 2 is 1.65 bits per heavy atom. The van der Waals surface area contributed by atoms with E-state index in [2.05, 4.69) is 36.3 Å². The van der Waals surface area contributed by atoms with Crippen LogP contribution in [0.5, 0.6) is 0 Å². The van der Waals surface area contributed by atoms with Crippen LogP contribution in [-0.4, -0.2) is 57.4 Å². The molecular weight excluding hydrogens is 430 g/mol. The third-order valence-corrected chi connectivity index (χ3v) is 5.24. The van der Waals surface area contributed by atoms with Crippen molar-refractivity contribution in [1.82, 2.24) is 10.6 Å². The van der Waals surface area contributed by atoms with Crippen LogP contribution < -0.4 is 15.5 Å². The molecule has 1 aliphatic heterocycles. The number of nitrogens with one attached hydrogen (secondary N) is 2. The van der Waals surface area contributed by atoms with E-state index in [1.807, 2.05) is 48.5 Å². The van der Waals surface area contributed by atoms with Gasteiger partial charge in [0, 0.05) is 36.7 Å². The monoisotopic (exact) mass is 463 g/mol. The molecule has 7 nitrogen and oxygen atoms in total. The van der Waals surface area contributed by atoms with Crippen molar-refractivity contribution in [2.24, 2.45) is 0 Å². The molecule has 0 aliphatic carbocycles. The number of carbonyl (C=O) groups excluding carboxylic acids is 2. The number of amides is 2. The molecule has 7 heteroatoms. The standard InChI is InChI=1S/C27H33N3O4/c1-21(2)28-15-16-33-17-18-34-20-26(31)29-14-13-27(32)30-19-24-9-4-3-7-22(24)11-12-23-8-5-6-10-25(23)30/h3-10,21,28H,13-20H2,1-2H3,(H,29,31). The number of para-hydroxylation sites is 1. The van der Waals surface area contributed by atoms with Crippen molar-refractivity contribution in [1.29, 1.82) is 0 Å². The molecule has 180 valence electrons. The minimum Gasteiger partial charge on any atom is -0.378 e. The molecular formula is C27H33N3O4. The molecule has 0 saturated carbocycles. The molecule has 34 heavy (non-hydrogen) atoms. The van der Waals surface area contributed by atoms with Crippen molar-refractivity contribution in [3.8, 4) is 11.8 Å². The molecule has 3 rings (SSSR count). The van der Waals surface area contributed by atoms with E-state index in [1.165, 1.54) is 0 Å². The number of carbonyl (C=O) groups is 2. The number of rotatable bonds is 12. The Labute approximate surface area is 201 Å². The maximum atomic E-state index is 13.1. The summed E-state index contributed by atoms with van der Waals surface area (Å²) >= 11 is 0. The number of ether oxygens (including phenoxy) is 2. The first-order valence-electron chi connectivity index (χ1n) is 11.7. The molecule has 2 N–H and O–H groups in total. The van der Waals surface area contributed by atoms with Gasteiger partial charge >= 0.3 is 0 Å². The lowest BCUT2D eigenvalue weighted by Crippen LogP contribution is -2.36. The molecule has 2 aromatic carbocycles. The number of hydrogen-bond donors (Lipinski definition) is 2. The quantitative estimate of drug-likeness (QED) is 0.373. The smallest absolute Gasteiger partial charge is 0.246 e. The summed E-state index contributed by atoms with van der Waals surface area (Å²) in [4.78, 5) is 26.9. The number of hydrogen-bond acceptors (Lipinski definition) is 5. The zero-order chi connectivity index (χ0) is 24.2. The van der Waals surface area contributed by atoms with Crippen molar-refractivity contribution >= 4 is 17.5 Å². The van der Waals surface area contributed by atoms with E-state index in [4.69, 9.17) is 9.47 Å². The molecule has 0 atom stereocenters. The van der Waals surface area contributed by atoms with Crippen LogP contribution in [-0.2, 0) is 25.6 Å². The lowest BCUT2D eigenvalue weighted by molar-refractivity contribution is -0.126. The molecule has 1 aliphatic rings. The maximum absolute atomic E-state index is 13.1. The Kier molecular flexibility index (Phi) is 10.1. The highest BCUT2D eigenvalue weighted by Gasteiger charge is 2.21. The van der Waals surface area contributed by atoms with Crippen molar-refractivity contribution in [2.45, 2.75) is 32.9 Å². The third kappa shape index (κ3) is 7.99. The molecule has 0 spiro atoms. The Morgan fingerprint density at radius 3 is 2.47 bits per heavy atom. The summed E-state index contributed by atoms with van der Waals surface area (Å²) < 4.78 is 10.8. The van der Waals surface area contributed by atoms with Crippen LogP contribution in [0.3, 0.4) is 0 Å². The van der Waals surface area contributed by atoms with Gasteiger partial charge in [-0.1, -0.05) is 56.0 Å². The Hall–Kier alpha value is -3.18. The van der Waals surface area contributed by atoms with E-state index < -0.39 is 0 Å². The van der Waals surface area contributed by atoms with Crippen LogP contribution in [0.4, 0.5) is 5.69 Å². The number of benzene rings is 2. The maximum Gasteiger partial charge on any atom is 0.246 e. The summed E-state index contributed by atoms with van der Waals surface area (Å²) in [5.41, 5.74) is 3.51. The minimum absolute atomic E-state index is 0.0582. The Bertz CT molecular complexity index is 1030. The van der Waals surface area contributed by atoms with Crippen LogP contribution in [0, 0.1) is 11.8 Å². The molecule has 0 bridgehead atoms. The number of nitrogens with zero attached hydrogens (tertiary/aromatic N) is 1. The van der Waals surface area contributed by atoms with Gasteiger partial charge in [-0.3, -0.25) is 9.59 Å². The van der Waals surface area contributed by atoms with Gasteiger partial charge in [0.15, 0.2) is 0 Å². The van der Waals surface area contributed by atoms with E-state index in [1.54, 1.807) is 4.90 Å². The number of anilines is 1. The van der Waals surface area contributed by atoms with Crippen LogP contribution in [0.2, 0.25) is 0 Å². The van der Waals surface area contributed by atoms with Crippen molar-refractivity contribution < 1.29 is 19.1 Å². The van der Waals surface area contributed by atoms with Gasteiger partial charge in [-0.05, 0) is 23.8 Å². The van der Waals surface area contributed by atoms with Crippen molar-refractivity contribution in [2.75, 3.05) is 44.4 Å². The minimum atomic E-state index is -0.251. The normalized spacial score (nSPS) is 12.1. The van der Waals surface area contributed by atoms with Gasteiger partial charge < -0.3 is 25.0 Å². The average molecular weight is 464 g/mol. The average Bonchev–Trinajstić information content (AvgIpc) is 2.82. The lowest BCUT2D eigenvalue weighted by Gasteiger charge is -2.26. The van der Waals surface area contributed by atoms with Crippen LogP contribution >= 0.6 is 0 Å². The zero-order valence-electron chi connectivity index (χ0n) is 19.9. The first kappa shape index (κ1) is 25.4. The van der Waals surface area contributed by atoms with Crippen LogP contribution in [0.15, 0.2) is 48.5 Å². The lowest BCUT2D eigenvalue weighted by atomic mass is 10.0. The highest BCUT2D eigenvalue weighted by atomic mass is 16.5. The molecule has 0 radical (unpaired) electrons. The zero-order valence-corrected chi connectivity index (χ0v) is 19.9. The molecule has 0 unspecified atom stereocenters. The summed E-state index contributed by atoms with van der Waals surface area (Å²) in [7, 11) is 0. The summed E-state index contributed by atoms with van der Waals surface area (Å²) in [6, 6.07) is 15.9. The topological polar surface area (TPSA) is 79.9 Å². The van der Waals surface area contributed by atoms with E-state index in [-0.39, 0.29) is 31.4 Å². The highest BCUT2D eigenvalue weighted by molar-refractivity contribution is 5.95. The first-order chi connectivity index (χ1) is 16.5. The van der Waals surface area contributed by atoms with Crippen molar-refractivity contribution in [3.63, 3.8) is 0 Å². The first-order valence-corrected chi connectivity index (χ1v) is 11.7. The fourth-order valence-corrected chi connectivity index (χ4v) is 3.51. The second-order valence-electron chi connectivity index (χ2n) is 8.28. The van der Waals surface area contributed by atoms with Gasteiger partial charge in [0.2, 0.25) is 11.8 Å². The third-order valence-electron chi connectivity index (χ3n) is 5.24. The molecule has 1 heterocycles. The Morgan fingerprint density at radius 1 is 0.941 bits per heavy atom. The van der Waals surface area contributed by atoms with Gasteiger partial charge in [-0.2, -0.15) is 0 Å². The molecule has 0 saturated heterocycles. The summed E-state index contributed by atoms with van der Waals surface area (Å²) in [6.45, 7) is 6.95. The Balaban J connectivity index is 1.43. The largest absolute Gasteiger partial charge is 0.378 e. The predicted molar refractivity (Wildman–Crippen MR) is 132 cm³/mol. The van der Waals surface area contributed by atoms with Gasteiger partial charge in [0.25, 0.3) is 0 Å². The van der Waals surface area contributed by atoms with Crippen LogP contribution in [0.25, 0.3) is 0 Å². The van der Waals surface area contributed by atoms with E-state index in [0.29, 0.717) is 32.4 Å². The van der Waals surface area contributed by atoms with Gasteiger partial charge in [0.1, 0.15) is 6.61 Å². The fraction of sp³-hybridized carbons (Fsp3) is 0.407. The summed E-state index contributed by atoms with van der Waals surface area (Å²) in [5.74, 6) is 6.07. The van der Waals surface area contributed by atoms with E-state index in [0.717, 1.165) is 28.9 Å². The second kappa shape index (κ2) is 13.5. The molecule has 0 aromatic heterocycles. The SMILES string of the molecule is CC(C)NCCOCCOCC(=O)NCCC(=O)N1Cc2ccccc2C#Cc2ccccc21. The van der Waals surface area contributed by atoms with E-state index >= 15 is 0 Å². The molecule has 2 amide bonds. The summed E-state index contributed by atoms with van der Waals surface area (Å²) in [5, 5.41) is 6.02. The highest BCUT2D eigenvalue weighted by Crippen LogP contribution is 2.25. The molecule has 2 aromatic rings. The summed E-state index contributed by atoms with van der Waals surface area (Å²) in [6.07, 6.45) is 0.182. The van der Waals surface area contributed by atoms with Gasteiger partial charge in [-0.25, -0.2) is 0 Å². The second-order valence-corrected chi connectivity index (χ2v) is 8.28. The van der Waals surface area contributed by atoms with E-state index in [9.17, 15) is 9.59 Å². The predicted octanol–water partition coefficient (Wildman–Crippen LogP) is 2.47. The van der Waals surface area contributed by atoms with Gasteiger partial charge in [-0.15, -0.1) is 0 Å². The fourth-order valence-electron chi connectivity index (χ4n) is 3.51. The van der Waals surface area contributed by atoms with Crippen LogP contribution in [0.1, 0.15) is 37.0 Å². The molecule has 0 fully saturated rings. The van der Waals surface area contributed by atoms with Crippen molar-refractivity contribution in [3.05, 3.63) is 65.2 Å².